The molecule has 2 rings (SSSR count). The maximum Gasteiger partial charge on any atom is 0.412 e. The van der Waals surface area contributed by atoms with Crippen molar-refractivity contribution in [1.29, 1.82) is 0 Å². The second-order valence-corrected chi connectivity index (χ2v) is 7.70. The molecule has 0 saturated heterocycles. The zero-order valence-corrected chi connectivity index (χ0v) is 16.7. The third kappa shape index (κ3) is 5.80. The number of rotatable bonds is 7. The first-order chi connectivity index (χ1) is 12.6. The Labute approximate surface area is 164 Å². The number of anilines is 1. The van der Waals surface area contributed by atoms with Crippen molar-refractivity contribution in [3.63, 3.8) is 0 Å². The van der Waals surface area contributed by atoms with Crippen molar-refractivity contribution in [1.82, 2.24) is 9.97 Å². The standard InChI is InChI=1S/C19H25ClN4O3/c1-12(2)9-19(3,21)11-27-17-15(20)7-14(10-23-17)13-5-6-22-16(8-13)24(4)18(25)26/h5-8,10,12H,9,11,21H2,1-4H3,(H,25,26)/t19-/m0/s1. The summed E-state index contributed by atoms with van der Waals surface area (Å²) in [5.41, 5.74) is 7.25. The summed E-state index contributed by atoms with van der Waals surface area (Å²) >= 11 is 6.32. The molecule has 3 N–H and O–H groups in total. The van der Waals surface area contributed by atoms with Gasteiger partial charge in [0.2, 0.25) is 5.88 Å². The molecule has 0 bridgehead atoms. The van der Waals surface area contributed by atoms with Crippen LogP contribution in [0.2, 0.25) is 5.02 Å². The minimum atomic E-state index is -1.09. The van der Waals surface area contributed by atoms with E-state index in [0.29, 0.717) is 29.2 Å². The Hall–Kier alpha value is -2.38. The minimum Gasteiger partial charge on any atom is -0.475 e. The molecule has 0 aliphatic heterocycles. The van der Waals surface area contributed by atoms with Gasteiger partial charge in [-0.1, -0.05) is 25.4 Å². The molecule has 0 saturated carbocycles. The summed E-state index contributed by atoms with van der Waals surface area (Å²) in [5, 5.41) is 9.44. The number of amides is 1. The average Bonchev–Trinajstić information content (AvgIpc) is 2.59. The van der Waals surface area contributed by atoms with E-state index in [1.807, 2.05) is 6.92 Å². The lowest BCUT2D eigenvalue weighted by molar-refractivity contribution is 0.201. The monoisotopic (exact) mass is 392 g/mol. The van der Waals surface area contributed by atoms with Crippen molar-refractivity contribution in [3.05, 3.63) is 35.6 Å². The van der Waals surface area contributed by atoms with E-state index in [4.69, 9.17) is 27.2 Å². The Morgan fingerprint density at radius 3 is 2.67 bits per heavy atom. The van der Waals surface area contributed by atoms with Crippen molar-refractivity contribution in [2.24, 2.45) is 11.7 Å². The molecule has 2 heterocycles. The zero-order chi connectivity index (χ0) is 20.2. The Morgan fingerprint density at radius 1 is 1.37 bits per heavy atom. The van der Waals surface area contributed by atoms with Gasteiger partial charge in [0.25, 0.3) is 0 Å². The van der Waals surface area contributed by atoms with Crippen LogP contribution in [0, 0.1) is 5.92 Å². The molecule has 0 radical (unpaired) electrons. The Kier molecular flexibility index (Phi) is 6.62. The lowest BCUT2D eigenvalue weighted by Gasteiger charge is -2.26. The van der Waals surface area contributed by atoms with Gasteiger partial charge in [0.1, 0.15) is 17.4 Å². The summed E-state index contributed by atoms with van der Waals surface area (Å²) in [6, 6.07) is 5.13. The van der Waals surface area contributed by atoms with Crippen molar-refractivity contribution < 1.29 is 14.6 Å². The number of hydrogen-bond donors (Lipinski definition) is 2. The number of nitrogens with two attached hydrogens (primary N) is 1. The highest BCUT2D eigenvalue weighted by atomic mass is 35.5. The van der Waals surface area contributed by atoms with Gasteiger partial charge in [0.05, 0.1) is 0 Å². The number of carboxylic acid groups (broad SMARTS) is 1. The molecular weight excluding hydrogens is 368 g/mol. The van der Waals surface area contributed by atoms with Crippen LogP contribution in [-0.2, 0) is 0 Å². The summed E-state index contributed by atoms with van der Waals surface area (Å²) in [7, 11) is 1.43. The summed E-state index contributed by atoms with van der Waals surface area (Å²) in [5.74, 6) is 1.08. The van der Waals surface area contributed by atoms with Crippen LogP contribution in [0.3, 0.4) is 0 Å². The van der Waals surface area contributed by atoms with Crippen LogP contribution in [0.4, 0.5) is 10.6 Å². The summed E-state index contributed by atoms with van der Waals surface area (Å²) < 4.78 is 5.72. The average molecular weight is 393 g/mol. The molecule has 8 heteroatoms. The molecule has 0 fully saturated rings. The highest BCUT2D eigenvalue weighted by Gasteiger charge is 2.22. The number of aromatic nitrogens is 2. The normalized spacial score (nSPS) is 13.3. The lowest BCUT2D eigenvalue weighted by Crippen LogP contribution is -2.43. The molecule has 1 amide bonds. The first-order valence-corrected chi connectivity index (χ1v) is 8.97. The molecule has 0 unspecified atom stereocenters. The minimum absolute atomic E-state index is 0.306. The van der Waals surface area contributed by atoms with Crippen LogP contribution < -0.4 is 15.4 Å². The quantitative estimate of drug-likeness (QED) is 0.736. The second kappa shape index (κ2) is 8.54. The predicted molar refractivity (Wildman–Crippen MR) is 106 cm³/mol. The largest absolute Gasteiger partial charge is 0.475 e. The summed E-state index contributed by atoms with van der Waals surface area (Å²) in [6.07, 6.45) is 2.89. The van der Waals surface area contributed by atoms with Gasteiger partial charge in [-0.15, -0.1) is 0 Å². The fourth-order valence-corrected chi connectivity index (χ4v) is 3.01. The van der Waals surface area contributed by atoms with Crippen LogP contribution in [0.25, 0.3) is 11.1 Å². The van der Waals surface area contributed by atoms with E-state index in [1.165, 1.54) is 13.2 Å². The van der Waals surface area contributed by atoms with E-state index in [9.17, 15) is 4.79 Å². The molecule has 7 nitrogen and oxygen atoms in total. The van der Waals surface area contributed by atoms with Gasteiger partial charge in [0, 0.05) is 30.5 Å². The van der Waals surface area contributed by atoms with Crippen LogP contribution in [0.5, 0.6) is 5.88 Å². The van der Waals surface area contributed by atoms with Gasteiger partial charge < -0.3 is 15.6 Å². The molecule has 2 aromatic rings. The Bertz CT molecular complexity index is 811. The van der Waals surface area contributed by atoms with Crippen LogP contribution >= 0.6 is 11.6 Å². The van der Waals surface area contributed by atoms with Gasteiger partial charge in [-0.25, -0.2) is 14.8 Å². The predicted octanol–water partition coefficient (Wildman–Crippen LogP) is 4.05. The smallest absolute Gasteiger partial charge is 0.412 e. The number of pyridine rings is 2. The summed E-state index contributed by atoms with van der Waals surface area (Å²) in [6.45, 7) is 6.46. The third-order valence-electron chi connectivity index (χ3n) is 3.93. The fourth-order valence-electron chi connectivity index (χ4n) is 2.79. The highest BCUT2D eigenvalue weighted by molar-refractivity contribution is 6.32. The van der Waals surface area contributed by atoms with Gasteiger partial charge in [0.15, 0.2) is 0 Å². The SMILES string of the molecule is CC(C)C[C@](C)(N)COc1ncc(-c2ccnc(N(C)C(=O)O)c2)cc1Cl. The topological polar surface area (TPSA) is 102 Å². The van der Waals surface area contributed by atoms with E-state index < -0.39 is 11.6 Å². The number of carbonyl (C=O) groups is 1. The fraction of sp³-hybridized carbons (Fsp3) is 0.421. The molecule has 1 atom stereocenters. The summed E-state index contributed by atoms with van der Waals surface area (Å²) in [4.78, 5) is 20.5. The zero-order valence-electron chi connectivity index (χ0n) is 15.9. The van der Waals surface area contributed by atoms with E-state index in [2.05, 4.69) is 23.8 Å². The first-order valence-electron chi connectivity index (χ1n) is 8.59. The maximum atomic E-state index is 11.1. The van der Waals surface area contributed by atoms with Crippen molar-refractivity contribution >= 4 is 23.5 Å². The number of nitrogens with zero attached hydrogens (tertiary/aromatic N) is 3. The molecule has 2 aromatic heterocycles. The number of ether oxygens (including phenoxy) is 1. The first kappa shape index (κ1) is 20.9. The van der Waals surface area contributed by atoms with Crippen molar-refractivity contribution in [2.45, 2.75) is 32.7 Å². The van der Waals surface area contributed by atoms with Crippen LogP contribution in [0.15, 0.2) is 30.6 Å². The van der Waals surface area contributed by atoms with Crippen LogP contribution in [0.1, 0.15) is 27.2 Å². The van der Waals surface area contributed by atoms with E-state index in [0.717, 1.165) is 22.4 Å². The van der Waals surface area contributed by atoms with Gasteiger partial charge in [-0.2, -0.15) is 0 Å². The Morgan fingerprint density at radius 2 is 2.07 bits per heavy atom. The number of hydrogen-bond acceptors (Lipinski definition) is 5. The van der Waals surface area contributed by atoms with Gasteiger partial charge in [-0.05, 0) is 43.0 Å². The Balaban J connectivity index is 2.17. The molecule has 27 heavy (non-hydrogen) atoms. The van der Waals surface area contributed by atoms with E-state index in [-0.39, 0.29) is 0 Å². The molecular formula is C19H25ClN4O3. The number of halogens is 1. The molecule has 0 aliphatic rings. The third-order valence-corrected chi connectivity index (χ3v) is 4.20. The van der Waals surface area contributed by atoms with Gasteiger partial charge in [-0.3, -0.25) is 4.90 Å². The second-order valence-electron chi connectivity index (χ2n) is 7.30. The van der Waals surface area contributed by atoms with Gasteiger partial charge >= 0.3 is 6.09 Å². The van der Waals surface area contributed by atoms with Crippen molar-refractivity contribution in [3.8, 4) is 17.0 Å². The molecule has 0 aromatic carbocycles. The molecule has 0 aliphatic carbocycles. The van der Waals surface area contributed by atoms with E-state index >= 15 is 0 Å². The highest BCUT2D eigenvalue weighted by Crippen LogP contribution is 2.30. The van der Waals surface area contributed by atoms with Crippen LogP contribution in [-0.4, -0.2) is 40.4 Å². The lowest BCUT2D eigenvalue weighted by atomic mass is 9.93. The van der Waals surface area contributed by atoms with E-state index in [1.54, 1.807) is 24.4 Å². The van der Waals surface area contributed by atoms with Crippen molar-refractivity contribution in [2.75, 3.05) is 18.6 Å². The molecule has 146 valence electrons. The maximum absolute atomic E-state index is 11.1. The molecule has 0 spiro atoms.